The summed E-state index contributed by atoms with van der Waals surface area (Å²) >= 11 is 1.85. The van der Waals surface area contributed by atoms with Crippen molar-refractivity contribution < 1.29 is 5.11 Å². The van der Waals surface area contributed by atoms with Gasteiger partial charge in [0, 0.05) is 41.0 Å². The number of aromatic nitrogens is 1. The molecule has 0 amide bonds. The lowest BCUT2D eigenvalue weighted by molar-refractivity contribution is 0.261. The summed E-state index contributed by atoms with van der Waals surface area (Å²) in [6.45, 7) is 0.267. The van der Waals surface area contributed by atoms with Crippen LogP contribution >= 0.6 is 11.8 Å². The van der Waals surface area contributed by atoms with Gasteiger partial charge in [0.2, 0.25) is 0 Å². The number of para-hydroxylation sites is 1. The van der Waals surface area contributed by atoms with E-state index < -0.39 is 0 Å². The number of rotatable bonds is 6. The fourth-order valence-corrected chi connectivity index (χ4v) is 4.08. The number of benzene rings is 1. The van der Waals surface area contributed by atoms with Gasteiger partial charge in [0.25, 0.3) is 0 Å². The summed E-state index contributed by atoms with van der Waals surface area (Å²) in [5, 5.41) is 14.3. The molecule has 1 aromatic heterocycles. The largest absolute Gasteiger partial charge is 0.396 e. The molecular weight excluding hydrogens is 280 g/mol. The Bertz CT molecular complexity index is 589. The van der Waals surface area contributed by atoms with E-state index in [0.717, 1.165) is 25.0 Å². The van der Waals surface area contributed by atoms with Crippen LogP contribution in [0.25, 0.3) is 10.9 Å². The summed E-state index contributed by atoms with van der Waals surface area (Å²) in [5.74, 6) is 1.07. The average molecular weight is 304 g/mol. The molecule has 3 nitrogen and oxygen atoms in total. The van der Waals surface area contributed by atoms with Gasteiger partial charge in [-0.25, -0.2) is 0 Å². The van der Waals surface area contributed by atoms with Crippen LogP contribution < -0.4 is 5.32 Å². The van der Waals surface area contributed by atoms with Crippen LogP contribution in [-0.2, 0) is 12.8 Å². The van der Waals surface area contributed by atoms with E-state index >= 15 is 0 Å². The zero-order valence-corrected chi connectivity index (χ0v) is 13.4. The SMILES string of the molecule is CSCC(CCO)NC1CCc2[nH]c3ccccc3c2C1. The van der Waals surface area contributed by atoms with Crippen LogP contribution in [-0.4, -0.2) is 40.8 Å². The molecule has 2 aromatic rings. The van der Waals surface area contributed by atoms with E-state index in [9.17, 15) is 5.11 Å². The number of fused-ring (bicyclic) bond motifs is 3. The molecule has 0 saturated heterocycles. The van der Waals surface area contributed by atoms with Crippen molar-refractivity contribution in [3.05, 3.63) is 35.5 Å². The molecule has 0 bridgehead atoms. The fourth-order valence-electron chi connectivity index (χ4n) is 3.42. The van der Waals surface area contributed by atoms with Crippen LogP contribution in [0.3, 0.4) is 0 Å². The van der Waals surface area contributed by atoms with Crippen LogP contribution in [0.4, 0.5) is 0 Å². The zero-order chi connectivity index (χ0) is 14.7. The highest BCUT2D eigenvalue weighted by Crippen LogP contribution is 2.29. The molecule has 0 radical (unpaired) electrons. The number of nitrogens with one attached hydrogen (secondary N) is 2. The number of hydrogen-bond acceptors (Lipinski definition) is 3. The fraction of sp³-hybridized carbons (Fsp3) is 0.529. The quantitative estimate of drug-likeness (QED) is 0.769. The molecule has 114 valence electrons. The minimum Gasteiger partial charge on any atom is -0.396 e. The zero-order valence-electron chi connectivity index (χ0n) is 12.6. The number of H-pyrrole nitrogens is 1. The predicted molar refractivity (Wildman–Crippen MR) is 91.1 cm³/mol. The third-order valence-electron chi connectivity index (χ3n) is 4.41. The highest BCUT2D eigenvalue weighted by Gasteiger charge is 2.23. The molecule has 0 spiro atoms. The molecule has 1 aliphatic carbocycles. The van der Waals surface area contributed by atoms with Gasteiger partial charge < -0.3 is 15.4 Å². The molecule has 3 rings (SSSR count). The Labute approximate surface area is 130 Å². The maximum atomic E-state index is 9.20. The Morgan fingerprint density at radius 1 is 1.43 bits per heavy atom. The van der Waals surface area contributed by atoms with Crippen molar-refractivity contribution >= 4 is 22.7 Å². The first-order valence-electron chi connectivity index (χ1n) is 7.76. The van der Waals surface area contributed by atoms with Crippen LogP contribution in [0.1, 0.15) is 24.1 Å². The first-order chi connectivity index (χ1) is 10.3. The summed E-state index contributed by atoms with van der Waals surface area (Å²) < 4.78 is 0. The Morgan fingerprint density at radius 3 is 3.10 bits per heavy atom. The maximum Gasteiger partial charge on any atom is 0.0458 e. The third kappa shape index (κ3) is 3.28. The van der Waals surface area contributed by atoms with Crippen LogP contribution in [0, 0.1) is 0 Å². The second-order valence-electron chi connectivity index (χ2n) is 5.90. The number of aliphatic hydroxyl groups is 1. The lowest BCUT2D eigenvalue weighted by Gasteiger charge is -2.28. The number of aryl methyl sites for hydroxylation is 1. The smallest absolute Gasteiger partial charge is 0.0458 e. The highest BCUT2D eigenvalue weighted by molar-refractivity contribution is 7.98. The van der Waals surface area contributed by atoms with E-state index in [0.29, 0.717) is 12.1 Å². The van der Waals surface area contributed by atoms with Gasteiger partial charge in [-0.15, -0.1) is 0 Å². The number of aromatic amines is 1. The van der Waals surface area contributed by atoms with Crippen molar-refractivity contribution in [1.29, 1.82) is 0 Å². The number of hydrogen-bond donors (Lipinski definition) is 3. The summed E-state index contributed by atoms with van der Waals surface area (Å²) in [6.07, 6.45) is 6.36. The van der Waals surface area contributed by atoms with Crippen molar-refractivity contribution in [2.24, 2.45) is 0 Å². The first kappa shape index (κ1) is 14.9. The standard InChI is InChI=1S/C17H24N2OS/c1-21-11-13(8-9-20)18-12-6-7-17-15(10-12)14-4-2-3-5-16(14)19-17/h2-5,12-13,18-20H,6-11H2,1H3. The molecule has 0 aliphatic heterocycles. The molecule has 1 aliphatic rings. The van der Waals surface area contributed by atoms with E-state index in [2.05, 4.69) is 40.8 Å². The van der Waals surface area contributed by atoms with Gasteiger partial charge >= 0.3 is 0 Å². The first-order valence-corrected chi connectivity index (χ1v) is 9.15. The summed E-state index contributed by atoms with van der Waals surface area (Å²) in [5.41, 5.74) is 4.17. The maximum absolute atomic E-state index is 9.20. The Kier molecular flexibility index (Phi) is 4.88. The third-order valence-corrected chi connectivity index (χ3v) is 5.15. The van der Waals surface area contributed by atoms with E-state index in [1.807, 2.05) is 11.8 Å². The van der Waals surface area contributed by atoms with Crippen molar-refractivity contribution in [2.45, 2.75) is 37.8 Å². The average Bonchev–Trinajstić information content (AvgIpc) is 2.86. The normalized spacial score (nSPS) is 19.6. The van der Waals surface area contributed by atoms with Crippen LogP contribution in [0.2, 0.25) is 0 Å². The number of thioether (sulfide) groups is 1. The van der Waals surface area contributed by atoms with Crippen LogP contribution in [0.5, 0.6) is 0 Å². The van der Waals surface area contributed by atoms with Gasteiger partial charge in [-0.05, 0) is 43.6 Å². The lowest BCUT2D eigenvalue weighted by atomic mass is 9.91. The second kappa shape index (κ2) is 6.86. The summed E-state index contributed by atoms with van der Waals surface area (Å²) in [4.78, 5) is 3.57. The van der Waals surface area contributed by atoms with E-state index in [4.69, 9.17) is 0 Å². The van der Waals surface area contributed by atoms with Crippen LogP contribution in [0.15, 0.2) is 24.3 Å². The van der Waals surface area contributed by atoms with Crippen molar-refractivity contribution in [3.63, 3.8) is 0 Å². The minimum atomic E-state index is 0.267. The lowest BCUT2D eigenvalue weighted by Crippen LogP contribution is -2.43. The molecule has 1 aromatic carbocycles. The van der Waals surface area contributed by atoms with Gasteiger partial charge in [0.15, 0.2) is 0 Å². The molecular formula is C17H24N2OS. The van der Waals surface area contributed by atoms with Crippen molar-refractivity contribution in [3.8, 4) is 0 Å². The van der Waals surface area contributed by atoms with Gasteiger partial charge in [0.05, 0.1) is 0 Å². The molecule has 1 heterocycles. The Balaban J connectivity index is 1.74. The molecule has 3 N–H and O–H groups in total. The monoisotopic (exact) mass is 304 g/mol. The topological polar surface area (TPSA) is 48.0 Å². The van der Waals surface area contributed by atoms with Crippen molar-refractivity contribution in [2.75, 3.05) is 18.6 Å². The predicted octanol–water partition coefficient (Wildman–Crippen LogP) is 2.73. The molecule has 0 saturated carbocycles. The minimum absolute atomic E-state index is 0.267. The van der Waals surface area contributed by atoms with Gasteiger partial charge in [-0.2, -0.15) is 11.8 Å². The van der Waals surface area contributed by atoms with Gasteiger partial charge in [-0.1, -0.05) is 18.2 Å². The summed E-state index contributed by atoms with van der Waals surface area (Å²) in [7, 11) is 0. The summed E-state index contributed by atoms with van der Waals surface area (Å²) in [6, 6.07) is 9.55. The molecule has 2 unspecified atom stereocenters. The Morgan fingerprint density at radius 2 is 2.29 bits per heavy atom. The van der Waals surface area contributed by atoms with Crippen molar-refractivity contribution in [1.82, 2.24) is 10.3 Å². The highest BCUT2D eigenvalue weighted by atomic mass is 32.2. The second-order valence-corrected chi connectivity index (χ2v) is 6.81. The molecule has 0 fully saturated rings. The van der Waals surface area contributed by atoms with Gasteiger partial charge in [0.1, 0.15) is 0 Å². The molecule has 4 heteroatoms. The van der Waals surface area contributed by atoms with E-state index in [1.165, 1.54) is 28.6 Å². The molecule has 2 atom stereocenters. The number of aliphatic hydroxyl groups excluding tert-OH is 1. The van der Waals surface area contributed by atoms with E-state index in [1.54, 1.807) is 0 Å². The molecule has 21 heavy (non-hydrogen) atoms. The van der Waals surface area contributed by atoms with E-state index in [-0.39, 0.29) is 6.61 Å². The van der Waals surface area contributed by atoms with Gasteiger partial charge in [-0.3, -0.25) is 0 Å². The Hall–Kier alpha value is -0.970.